The lowest BCUT2D eigenvalue weighted by Crippen LogP contribution is -2.42. The molecule has 0 bridgehead atoms. The van der Waals surface area contributed by atoms with Crippen molar-refractivity contribution in [2.24, 2.45) is 0 Å². The lowest BCUT2D eigenvalue weighted by Gasteiger charge is -2.30. The molecule has 4 rings (SSSR count). The molecule has 1 atom stereocenters. The summed E-state index contributed by atoms with van der Waals surface area (Å²) in [7, 11) is -4.44. The summed E-state index contributed by atoms with van der Waals surface area (Å²) in [6.07, 6.45) is -0.970. The molecule has 3 aromatic rings. The van der Waals surface area contributed by atoms with Gasteiger partial charge in [-0.25, -0.2) is 8.42 Å². The van der Waals surface area contributed by atoms with Gasteiger partial charge in [-0.2, -0.15) is 26.7 Å². The normalized spacial score (nSPS) is 16.1. The molecular weight excluding hydrogens is 481 g/mol. The van der Waals surface area contributed by atoms with Crippen LogP contribution in [-0.4, -0.2) is 36.8 Å². The van der Waals surface area contributed by atoms with Crippen molar-refractivity contribution in [2.75, 3.05) is 0 Å². The topological polar surface area (TPSA) is 73.2 Å². The van der Waals surface area contributed by atoms with Crippen LogP contribution in [0.3, 0.4) is 0 Å². The number of alkyl halides is 5. The van der Waals surface area contributed by atoms with Gasteiger partial charge in [-0.15, -0.1) is 0 Å². The van der Waals surface area contributed by atoms with Gasteiger partial charge in [0.2, 0.25) is 10.0 Å². The summed E-state index contributed by atoms with van der Waals surface area (Å²) >= 11 is 0. The van der Waals surface area contributed by atoms with Crippen LogP contribution in [0.5, 0.6) is 5.75 Å². The van der Waals surface area contributed by atoms with Crippen LogP contribution in [-0.2, 0) is 10.0 Å². The van der Waals surface area contributed by atoms with E-state index in [0.717, 1.165) is 30.8 Å². The standard InChI is InChI=1S/C22H22F5N3O3S/c1-12-8-14-9-19(30(15-4-3-5-15)18(14)10-20(12)33-21(23)24)17-7-6-16(11-28-17)34(31,32)29-13(2)22(25,26)27/h6-11,13,15,21,29H,3-5H2,1-2H3/t13-/m0/s1. The number of nitrogens with one attached hydrogen (secondary N) is 1. The van der Waals surface area contributed by atoms with Gasteiger partial charge in [0.1, 0.15) is 16.7 Å². The number of rotatable bonds is 7. The van der Waals surface area contributed by atoms with E-state index >= 15 is 0 Å². The molecule has 0 unspecified atom stereocenters. The number of aryl methyl sites for hydroxylation is 1. The molecule has 0 aliphatic heterocycles. The van der Waals surface area contributed by atoms with Crippen LogP contribution >= 0.6 is 0 Å². The third kappa shape index (κ3) is 4.74. The summed E-state index contributed by atoms with van der Waals surface area (Å²) < 4.78 is 96.9. The molecule has 0 spiro atoms. The number of nitrogens with zero attached hydrogens (tertiary/aromatic N) is 2. The first-order chi connectivity index (χ1) is 15.9. The van der Waals surface area contributed by atoms with E-state index in [1.165, 1.54) is 12.1 Å². The van der Waals surface area contributed by atoms with Gasteiger partial charge in [0, 0.05) is 23.7 Å². The number of hydrogen-bond donors (Lipinski definition) is 1. The minimum Gasteiger partial charge on any atom is -0.434 e. The van der Waals surface area contributed by atoms with E-state index in [0.29, 0.717) is 29.4 Å². The van der Waals surface area contributed by atoms with Crippen molar-refractivity contribution in [3.63, 3.8) is 0 Å². The van der Waals surface area contributed by atoms with E-state index in [-0.39, 0.29) is 11.8 Å². The minimum absolute atomic E-state index is 0.0620. The third-order valence-corrected chi connectivity index (χ3v) is 7.45. The van der Waals surface area contributed by atoms with Crippen LogP contribution in [0.1, 0.15) is 37.8 Å². The van der Waals surface area contributed by atoms with Crippen LogP contribution in [0.25, 0.3) is 22.3 Å². The summed E-state index contributed by atoms with van der Waals surface area (Å²) in [5, 5.41) is 0.778. The first-order valence-electron chi connectivity index (χ1n) is 10.5. The number of fused-ring (bicyclic) bond motifs is 1. The number of benzene rings is 1. The highest BCUT2D eigenvalue weighted by atomic mass is 32.2. The molecule has 1 N–H and O–H groups in total. The zero-order valence-electron chi connectivity index (χ0n) is 18.2. The largest absolute Gasteiger partial charge is 0.434 e. The quantitative estimate of drug-likeness (QED) is 0.428. The summed E-state index contributed by atoms with van der Waals surface area (Å²) in [5.41, 5.74) is 2.26. The fourth-order valence-electron chi connectivity index (χ4n) is 3.89. The van der Waals surface area contributed by atoms with E-state index in [9.17, 15) is 30.4 Å². The highest BCUT2D eigenvalue weighted by Gasteiger charge is 2.39. The average molecular weight is 503 g/mol. The predicted molar refractivity (Wildman–Crippen MR) is 115 cm³/mol. The average Bonchev–Trinajstić information content (AvgIpc) is 3.03. The Morgan fingerprint density at radius 1 is 1.18 bits per heavy atom. The second-order valence-electron chi connectivity index (χ2n) is 8.30. The monoisotopic (exact) mass is 503 g/mol. The molecule has 1 saturated carbocycles. The van der Waals surface area contributed by atoms with Crippen LogP contribution in [0, 0.1) is 6.92 Å². The Kier molecular flexibility index (Phi) is 6.32. The van der Waals surface area contributed by atoms with Crippen LogP contribution < -0.4 is 9.46 Å². The van der Waals surface area contributed by atoms with E-state index in [1.807, 2.05) is 10.6 Å². The predicted octanol–water partition coefficient (Wildman–Crippen LogP) is 5.57. The molecule has 0 amide bonds. The fraction of sp³-hybridized carbons (Fsp3) is 0.409. The zero-order valence-corrected chi connectivity index (χ0v) is 19.1. The van der Waals surface area contributed by atoms with Crippen molar-refractivity contribution in [1.82, 2.24) is 14.3 Å². The van der Waals surface area contributed by atoms with Crippen LogP contribution in [0.4, 0.5) is 22.0 Å². The highest BCUT2D eigenvalue weighted by Crippen LogP contribution is 2.41. The molecule has 2 heterocycles. The van der Waals surface area contributed by atoms with Crippen molar-refractivity contribution in [1.29, 1.82) is 0 Å². The molecule has 184 valence electrons. The van der Waals surface area contributed by atoms with Gasteiger partial charge in [-0.05, 0) is 62.9 Å². The van der Waals surface area contributed by atoms with Gasteiger partial charge < -0.3 is 9.30 Å². The molecule has 1 aromatic carbocycles. The molecule has 2 aromatic heterocycles. The van der Waals surface area contributed by atoms with E-state index < -0.39 is 33.7 Å². The lowest BCUT2D eigenvalue weighted by atomic mass is 9.92. The first kappa shape index (κ1) is 24.4. The fourth-order valence-corrected chi connectivity index (χ4v) is 5.06. The van der Waals surface area contributed by atoms with Gasteiger partial charge in [0.15, 0.2) is 0 Å². The van der Waals surface area contributed by atoms with Crippen LogP contribution in [0.2, 0.25) is 0 Å². The Balaban J connectivity index is 1.73. The summed E-state index contributed by atoms with van der Waals surface area (Å²) in [6.45, 7) is -0.595. The maximum atomic E-state index is 12.8. The van der Waals surface area contributed by atoms with E-state index in [4.69, 9.17) is 0 Å². The molecule has 6 nitrogen and oxygen atoms in total. The number of pyridine rings is 1. The molecular formula is C22H22F5N3O3S. The second-order valence-corrected chi connectivity index (χ2v) is 10.0. The molecule has 1 aliphatic rings. The SMILES string of the molecule is Cc1cc2cc(-c3ccc(S(=O)(=O)N[C@@H](C)C(F)(F)F)cn3)n(C3CCC3)c2cc1OC(F)F. The second kappa shape index (κ2) is 8.81. The molecule has 0 radical (unpaired) electrons. The maximum Gasteiger partial charge on any atom is 0.404 e. The number of ether oxygens (including phenoxy) is 1. The third-order valence-electron chi connectivity index (χ3n) is 5.92. The van der Waals surface area contributed by atoms with Crippen molar-refractivity contribution < 1.29 is 35.1 Å². The molecule has 0 saturated heterocycles. The molecule has 1 fully saturated rings. The summed E-state index contributed by atoms with van der Waals surface area (Å²) in [5.74, 6) is 0.0620. The number of sulfonamides is 1. The van der Waals surface area contributed by atoms with Crippen molar-refractivity contribution in [2.45, 2.75) is 62.9 Å². The van der Waals surface area contributed by atoms with Gasteiger partial charge in [0.25, 0.3) is 0 Å². The number of aromatic nitrogens is 2. The number of halogens is 5. The van der Waals surface area contributed by atoms with E-state index in [1.54, 1.807) is 23.8 Å². The number of hydrogen-bond acceptors (Lipinski definition) is 4. The van der Waals surface area contributed by atoms with Gasteiger partial charge in [-0.1, -0.05) is 0 Å². The Morgan fingerprint density at radius 3 is 2.41 bits per heavy atom. The summed E-state index contributed by atoms with van der Waals surface area (Å²) in [6, 6.07) is 5.56. The summed E-state index contributed by atoms with van der Waals surface area (Å²) in [4.78, 5) is 3.80. The van der Waals surface area contributed by atoms with Crippen molar-refractivity contribution in [3.8, 4) is 17.1 Å². The zero-order chi connectivity index (χ0) is 24.8. The van der Waals surface area contributed by atoms with Crippen LogP contribution in [0.15, 0.2) is 41.4 Å². The van der Waals surface area contributed by atoms with Crippen molar-refractivity contribution >= 4 is 20.9 Å². The first-order valence-corrected chi connectivity index (χ1v) is 12.0. The molecule has 1 aliphatic carbocycles. The van der Waals surface area contributed by atoms with Gasteiger partial charge >= 0.3 is 12.8 Å². The van der Waals surface area contributed by atoms with Crippen molar-refractivity contribution in [3.05, 3.63) is 42.1 Å². The smallest absolute Gasteiger partial charge is 0.404 e. The highest BCUT2D eigenvalue weighted by molar-refractivity contribution is 7.89. The van der Waals surface area contributed by atoms with Gasteiger partial charge in [-0.3, -0.25) is 4.98 Å². The molecule has 34 heavy (non-hydrogen) atoms. The van der Waals surface area contributed by atoms with E-state index in [2.05, 4.69) is 9.72 Å². The Hall–Kier alpha value is -2.73. The Labute approximate surface area is 192 Å². The maximum absolute atomic E-state index is 12.8. The minimum atomic E-state index is -4.73. The molecule has 12 heteroatoms. The Morgan fingerprint density at radius 2 is 1.88 bits per heavy atom. The lowest BCUT2D eigenvalue weighted by molar-refractivity contribution is -0.147. The Bertz CT molecular complexity index is 1300. The van der Waals surface area contributed by atoms with Gasteiger partial charge in [0.05, 0.1) is 16.9 Å².